The Bertz CT molecular complexity index is 1610. The maximum atomic E-state index is 12.5. The number of carboxylic acids is 2. The Balaban J connectivity index is 0.000000543. The van der Waals surface area contributed by atoms with E-state index in [9.17, 15) is 41.0 Å². The number of thiazole rings is 1. The number of carboxylic acid groups (broad SMARTS) is 2. The van der Waals surface area contributed by atoms with Gasteiger partial charge in [0.2, 0.25) is 5.91 Å². The number of alkyl halides is 6. The first-order chi connectivity index (χ1) is 23.9. The van der Waals surface area contributed by atoms with E-state index < -0.39 is 24.3 Å². The molecule has 2 aromatic carbocycles. The Kier molecular flexibility index (Phi) is 17.7. The van der Waals surface area contributed by atoms with Crippen LogP contribution in [0, 0.1) is 0 Å². The number of phenolic OH excluding ortho intramolecular Hbond substituents is 1. The number of hydrogen-bond acceptors (Lipinski definition) is 9. The second-order valence-electron chi connectivity index (χ2n) is 10.9. The highest BCUT2D eigenvalue weighted by molar-refractivity contribution is 7.16. The summed E-state index contributed by atoms with van der Waals surface area (Å²) in [6.07, 6.45) is -6.23. The number of amides is 1. The van der Waals surface area contributed by atoms with Crippen LogP contribution in [0.15, 0.2) is 41.2 Å². The van der Waals surface area contributed by atoms with Gasteiger partial charge in [-0.2, -0.15) is 26.3 Å². The molecule has 1 aliphatic heterocycles. The number of aromatic amines is 1. The molecule has 0 unspecified atom stereocenters. The number of nitrogens with zero attached hydrogens (tertiary/aromatic N) is 1. The number of rotatable bonds is 13. The molecule has 2 heterocycles. The van der Waals surface area contributed by atoms with Crippen LogP contribution in [0.5, 0.6) is 5.75 Å². The summed E-state index contributed by atoms with van der Waals surface area (Å²) in [6.45, 7) is 5.25. The molecule has 0 saturated carbocycles. The van der Waals surface area contributed by atoms with Crippen LogP contribution < -0.4 is 15.5 Å². The number of aromatic hydroxyl groups is 1. The lowest BCUT2D eigenvalue weighted by molar-refractivity contribution is -0.193. The van der Waals surface area contributed by atoms with Gasteiger partial charge in [0.1, 0.15) is 11.3 Å². The summed E-state index contributed by atoms with van der Waals surface area (Å²) >= 11 is 7.17. The SMILES string of the molecule is O=C(CCN(CCNCCc1ccc(O)c2[nH]c(=O)sc12)C1CCOCC1)NCCc1cccc(Cl)c1.O=C(O)C(F)(F)F.O=C(O)C(F)(F)F. The lowest BCUT2D eigenvalue weighted by Gasteiger charge is -2.34. The average molecular weight is 775 g/mol. The zero-order valence-electron chi connectivity index (χ0n) is 26.9. The van der Waals surface area contributed by atoms with E-state index in [0.29, 0.717) is 36.1 Å². The number of aromatic nitrogens is 1. The fraction of sp³-hybridized carbons (Fsp3) is 0.484. The number of ether oxygens (including phenoxy) is 1. The van der Waals surface area contributed by atoms with Crippen molar-refractivity contribution in [2.75, 3.05) is 45.9 Å². The fourth-order valence-electron chi connectivity index (χ4n) is 4.74. The van der Waals surface area contributed by atoms with E-state index in [1.807, 2.05) is 30.3 Å². The molecule has 20 heteroatoms. The highest BCUT2D eigenvalue weighted by Gasteiger charge is 2.38. The fourth-order valence-corrected chi connectivity index (χ4v) is 5.85. The van der Waals surface area contributed by atoms with Crippen molar-refractivity contribution in [3.8, 4) is 5.75 Å². The molecule has 51 heavy (non-hydrogen) atoms. The molecule has 1 fully saturated rings. The Labute approximate surface area is 296 Å². The second-order valence-corrected chi connectivity index (χ2v) is 12.3. The standard InChI is InChI=1S/C27H35ClN4O4S.2C2HF3O2/c28-21-3-1-2-19(18-21)6-12-30-24(34)8-14-32(22-9-16-36-17-10-22)15-13-29-11-7-20-4-5-23(33)25-26(20)37-27(35)31-25;2*3-2(4,5)1(6)7/h1-5,18,22,29,33H,6-17H2,(H,30,34)(H,31,35);2*(H,6,7). The first-order valence-corrected chi connectivity index (χ1v) is 16.6. The number of halogens is 7. The van der Waals surface area contributed by atoms with Crippen molar-refractivity contribution in [2.24, 2.45) is 0 Å². The van der Waals surface area contributed by atoms with Crippen LogP contribution in [-0.4, -0.2) is 107 Å². The molecule has 6 N–H and O–H groups in total. The topological polar surface area (TPSA) is 181 Å². The molecule has 12 nitrogen and oxygen atoms in total. The largest absolute Gasteiger partial charge is 0.506 e. The van der Waals surface area contributed by atoms with Crippen LogP contribution in [0.1, 0.15) is 30.4 Å². The molecule has 284 valence electrons. The third-order valence-corrected chi connectivity index (χ3v) is 8.42. The summed E-state index contributed by atoms with van der Waals surface area (Å²) in [5.74, 6) is -5.35. The van der Waals surface area contributed by atoms with Crippen molar-refractivity contribution < 1.29 is 60.8 Å². The predicted molar refractivity (Wildman–Crippen MR) is 176 cm³/mol. The number of nitrogens with one attached hydrogen (secondary N) is 3. The van der Waals surface area contributed by atoms with Crippen molar-refractivity contribution in [1.29, 1.82) is 0 Å². The van der Waals surface area contributed by atoms with Crippen LogP contribution in [0.3, 0.4) is 0 Å². The van der Waals surface area contributed by atoms with Crippen molar-refractivity contribution in [2.45, 2.75) is 50.5 Å². The Morgan fingerprint density at radius 1 is 0.941 bits per heavy atom. The average Bonchev–Trinajstić information content (AvgIpc) is 3.46. The predicted octanol–water partition coefficient (Wildman–Crippen LogP) is 4.58. The lowest BCUT2D eigenvalue weighted by Crippen LogP contribution is -2.44. The molecule has 0 aliphatic carbocycles. The molecule has 0 radical (unpaired) electrons. The van der Waals surface area contributed by atoms with Gasteiger partial charge in [-0.1, -0.05) is 41.1 Å². The van der Waals surface area contributed by atoms with Crippen molar-refractivity contribution in [3.05, 3.63) is 62.2 Å². The van der Waals surface area contributed by atoms with Gasteiger partial charge in [0.15, 0.2) is 0 Å². The summed E-state index contributed by atoms with van der Waals surface area (Å²) in [5.41, 5.74) is 2.67. The summed E-state index contributed by atoms with van der Waals surface area (Å²) in [7, 11) is 0. The minimum absolute atomic E-state index is 0.0638. The summed E-state index contributed by atoms with van der Waals surface area (Å²) < 4.78 is 69.8. The maximum absolute atomic E-state index is 12.5. The van der Waals surface area contributed by atoms with E-state index in [1.165, 1.54) is 0 Å². The summed E-state index contributed by atoms with van der Waals surface area (Å²) in [6, 6.07) is 11.6. The molecular formula is C31H37ClF6N4O8S. The number of carbonyl (C=O) groups excluding carboxylic acids is 1. The van der Waals surface area contributed by atoms with Gasteiger partial charge >= 0.3 is 29.2 Å². The van der Waals surface area contributed by atoms with Crippen LogP contribution in [-0.2, 0) is 32.0 Å². The van der Waals surface area contributed by atoms with Gasteiger partial charge < -0.3 is 35.7 Å². The van der Waals surface area contributed by atoms with Crippen LogP contribution in [0.2, 0.25) is 5.02 Å². The van der Waals surface area contributed by atoms with E-state index >= 15 is 0 Å². The summed E-state index contributed by atoms with van der Waals surface area (Å²) in [4.78, 5) is 47.0. The second kappa shape index (κ2) is 20.8. The van der Waals surface area contributed by atoms with Crippen LogP contribution in [0.4, 0.5) is 26.3 Å². The lowest BCUT2D eigenvalue weighted by atomic mass is 10.1. The molecule has 4 rings (SSSR count). The van der Waals surface area contributed by atoms with E-state index in [0.717, 1.165) is 85.7 Å². The summed E-state index contributed by atoms with van der Waals surface area (Å²) in [5, 5.41) is 31.5. The smallest absolute Gasteiger partial charge is 0.490 e. The number of carbonyl (C=O) groups is 3. The van der Waals surface area contributed by atoms with Gasteiger partial charge in [0.25, 0.3) is 0 Å². The maximum Gasteiger partial charge on any atom is 0.490 e. The minimum Gasteiger partial charge on any atom is -0.506 e. The number of hydrogen-bond donors (Lipinski definition) is 6. The Morgan fingerprint density at radius 2 is 1.57 bits per heavy atom. The number of aliphatic carboxylic acids is 2. The third kappa shape index (κ3) is 16.3. The Hall–Kier alpha value is -3.91. The van der Waals surface area contributed by atoms with E-state index in [2.05, 4.69) is 20.5 Å². The molecule has 1 amide bonds. The van der Waals surface area contributed by atoms with Crippen molar-refractivity contribution in [1.82, 2.24) is 20.5 Å². The molecule has 1 saturated heterocycles. The first kappa shape index (κ1) is 43.3. The van der Waals surface area contributed by atoms with Gasteiger partial charge in [-0.25, -0.2) is 9.59 Å². The highest BCUT2D eigenvalue weighted by Crippen LogP contribution is 2.28. The number of H-pyrrole nitrogens is 1. The van der Waals surface area contributed by atoms with Gasteiger partial charge in [-0.3, -0.25) is 14.5 Å². The van der Waals surface area contributed by atoms with E-state index in [1.54, 1.807) is 6.07 Å². The van der Waals surface area contributed by atoms with E-state index in [4.69, 9.17) is 36.1 Å². The third-order valence-electron chi connectivity index (χ3n) is 7.23. The first-order valence-electron chi connectivity index (χ1n) is 15.4. The Morgan fingerprint density at radius 3 is 2.16 bits per heavy atom. The molecule has 0 atom stereocenters. The van der Waals surface area contributed by atoms with Crippen molar-refractivity contribution in [3.63, 3.8) is 0 Å². The zero-order valence-corrected chi connectivity index (χ0v) is 28.5. The van der Waals surface area contributed by atoms with Gasteiger partial charge in [-0.15, -0.1) is 0 Å². The molecule has 1 aromatic heterocycles. The van der Waals surface area contributed by atoms with Crippen molar-refractivity contribution >= 4 is 51.0 Å². The number of fused-ring (bicyclic) bond motifs is 1. The molecular weight excluding hydrogens is 738 g/mol. The quantitative estimate of drug-likeness (QED) is 0.106. The van der Waals surface area contributed by atoms with Crippen LogP contribution in [0.25, 0.3) is 10.2 Å². The molecule has 1 aliphatic rings. The number of benzene rings is 2. The molecule has 0 spiro atoms. The van der Waals surface area contributed by atoms with Crippen LogP contribution >= 0.6 is 22.9 Å². The van der Waals surface area contributed by atoms with Gasteiger partial charge in [0, 0.05) is 56.9 Å². The monoisotopic (exact) mass is 774 g/mol. The van der Waals surface area contributed by atoms with Gasteiger partial charge in [0.05, 0.1) is 4.70 Å². The highest BCUT2D eigenvalue weighted by atomic mass is 35.5. The molecule has 0 bridgehead atoms. The van der Waals surface area contributed by atoms with Gasteiger partial charge in [-0.05, 0) is 61.6 Å². The van der Waals surface area contributed by atoms with E-state index in [-0.39, 0.29) is 16.5 Å². The zero-order chi connectivity index (χ0) is 38.2. The molecule has 3 aromatic rings. The number of phenols is 1. The minimum atomic E-state index is -5.08. The normalized spacial score (nSPS) is 13.6.